The molecule has 0 unspecified atom stereocenters. The lowest BCUT2D eigenvalue weighted by atomic mass is 10.0. The zero-order chi connectivity index (χ0) is 19.5. The third kappa shape index (κ3) is 3.85. The van der Waals surface area contributed by atoms with E-state index in [0.717, 1.165) is 43.6 Å². The normalized spacial score (nSPS) is 17.5. The highest BCUT2D eigenvalue weighted by atomic mass is 16.3. The standard InChI is InChI=1S/C23H24N2O3/c1-2-25-11-4-7-19(15-25)24-23(27)18-6-3-5-16(13-18)17-8-9-20-21(26)10-12-28-22(20)14-17/h3,5-6,8-10,12-14,19H,2,4,7,11,15H2,1H3,(H,24,27)/t19-/m1/s1. The lowest BCUT2D eigenvalue weighted by molar-refractivity contribution is 0.0906. The summed E-state index contributed by atoms with van der Waals surface area (Å²) in [5.41, 5.74) is 2.95. The molecule has 0 spiro atoms. The number of likely N-dealkylation sites (tertiary alicyclic amines) is 1. The second-order valence-corrected chi connectivity index (χ2v) is 7.28. The summed E-state index contributed by atoms with van der Waals surface area (Å²) in [6, 6.07) is 14.7. The van der Waals surface area contributed by atoms with Gasteiger partial charge in [-0.1, -0.05) is 25.1 Å². The van der Waals surface area contributed by atoms with Gasteiger partial charge in [-0.2, -0.15) is 0 Å². The summed E-state index contributed by atoms with van der Waals surface area (Å²) >= 11 is 0. The Labute approximate surface area is 164 Å². The number of rotatable bonds is 4. The Bertz CT molecular complexity index is 1060. The Morgan fingerprint density at radius 3 is 2.89 bits per heavy atom. The average Bonchev–Trinajstić information content (AvgIpc) is 2.74. The van der Waals surface area contributed by atoms with Gasteiger partial charge in [0.05, 0.1) is 11.6 Å². The van der Waals surface area contributed by atoms with Crippen LogP contribution in [0.1, 0.15) is 30.1 Å². The number of amides is 1. The van der Waals surface area contributed by atoms with Crippen LogP contribution in [-0.4, -0.2) is 36.5 Å². The number of hydrogen-bond donors (Lipinski definition) is 1. The maximum absolute atomic E-state index is 12.8. The molecule has 0 saturated carbocycles. The van der Waals surface area contributed by atoms with Gasteiger partial charge in [-0.3, -0.25) is 9.59 Å². The Morgan fingerprint density at radius 1 is 1.18 bits per heavy atom. The summed E-state index contributed by atoms with van der Waals surface area (Å²) in [6.07, 6.45) is 3.54. The molecule has 4 rings (SSSR count). The van der Waals surface area contributed by atoms with Crippen LogP contribution >= 0.6 is 0 Å². The van der Waals surface area contributed by atoms with E-state index in [9.17, 15) is 9.59 Å². The fourth-order valence-corrected chi connectivity index (χ4v) is 3.83. The molecule has 1 atom stereocenters. The highest BCUT2D eigenvalue weighted by Crippen LogP contribution is 2.24. The highest BCUT2D eigenvalue weighted by molar-refractivity contribution is 5.96. The fraction of sp³-hybridized carbons (Fsp3) is 0.304. The second kappa shape index (κ2) is 7.98. The molecule has 2 heterocycles. The maximum atomic E-state index is 12.8. The van der Waals surface area contributed by atoms with Gasteiger partial charge < -0.3 is 14.6 Å². The van der Waals surface area contributed by atoms with Crippen LogP contribution in [0.25, 0.3) is 22.1 Å². The van der Waals surface area contributed by atoms with Crippen molar-refractivity contribution in [3.8, 4) is 11.1 Å². The van der Waals surface area contributed by atoms with Crippen LogP contribution in [0.3, 0.4) is 0 Å². The summed E-state index contributed by atoms with van der Waals surface area (Å²) in [6.45, 7) is 5.18. The van der Waals surface area contributed by atoms with Gasteiger partial charge in [-0.15, -0.1) is 0 Å². The number of benzene rings is 2. The first-order chi connectivity index (χ1) is 13.6. The van der Waals surface area contributed by atoms with Crippen LogP contribution in [0.2, 0.25) is 0 Å². The molecule has 1 aromatic heterocycles. The van der Waals surface area contributed by atoms with Crippen molar-refractivity contribution in [3.63, 3.8) is 0 Å². The molecule has 0 radical (unpaired) electrons. The van der Waals surface area contributed by atoms with Crippen LogP contribution in [0.4, 0.5) is 0 Å². The number of likely N-dealkylation sites (N-methyl/N-ethyl adjacent to an activating group) is 1. The van der Waals surface area contributed by atoms with E-state index in [0.29, 0.717) is 16.5 Å². The van der Waals surface area contributed by atoms with Crippen LogP contribution in [0.15, 0.2) is 64.0 Å². The summed E-state index contributed by atoms with van der Waals surface area (Å²) < 4.78 is 5.47. The average molecular weight is 376 g/mol. The molecule has 3 aromatic rings. The predicted octanol–water partition coefficient (Wildman–Crippen LogP) is 3.67. The van der Waals surface area contributed by atoms with Crippen LogP contribution < -0.4 is 10.7 Å². The Balaban J connectivity index is 1.56. The minimum absolute atomic E-state index is 0.0443. The molecule has 5 nitrogen and oxygen atoms in total. The molecule has 1 N–H and O–H groups in total. The number of hydrogen-bond acceptors (Lipinski definition) is 4. The SMILES string of the molecule is CCN1CCC[C@@H](NC(=O)c2cccc(-c3ccc4c(=O)ccoc4c3)c2)C1. The number of carbonyl (C=O) groups is 1. The zero-order valence-electron chi connectivity index (χ0n) is 16.0. The Kier molecular flexibility index (Phi) is 5.26. The number of nitrogens with zero attached hydrogens (tertiary/aromatic N) is 1. The third-order valence-electron chi connectivity index (χ3n) is 5.41. The quantitative estimate of drug-likeness (QED) is 0.755. The molecular formula is C23H24N2O3. The minimum atomic E-state index is -0.0606. The van der Waals surface area contributed by atoms with E-state index in [-0.39, 0.29) is 17.4 Å². The molecule has 0 aliphatic carbocycles. The Hall–Kier alpha value is -2.92. The lowest BCUT2D eigenvalue weighted by Gasteiger charge is -2.32. The molecule has 0 bridgehead atoms. The van der Waals surface area contributed by atoms with Crippen molar-refractivity contribution in [1.29, 1.82) is 0 Å². The lowest BCUT2D eigenvalue weighted by Crippen LogP contribution is -2.47. The molecule has 5 heteroatoms. The van der Waals surface area contributed by atoms with Crippen molar-refractivity contribution in [2.24, 2.45) is 0 Å². The van der Waals surface area contributed by atoms with E-state index in [1.807, 2.05) is 36.4 Å². The van der Waals surface area contributed by atoms with E-state index in [4.69, 9.17) is 4.42 Å². The van der Waals surface area contributed by atoms with Gasteiger partial charge in [0, 0.05) is 24.2 Å². The topological polar surface area (TPSA) is 62.6 Å². The van der Waals surface area contributed by atoms with Crippen molar-refractivity contribution in [2.45, 2.75) is 25.8 Å². The molecule has 1 aliphatic heterocycles. The van der Waals surface area contributed by atoms with Crippen molar-refractivity contribution < 1.29 is 9.21 Å². The number of piperidine rings is 1. The van der Waals surface area contributed by atoms with Crippen molar-refractivity contribution in [2.75, 3.05) is 19.6 Å². The molecule has 1 fully saturated rings. The van der Waals surface area contributed by atoms with Crippen molar-refractivity contribution >= 4 is 16.9 Å². The van der Waals surface area contributed by atoms with E-state index in [2.05, 4.69) is 17.1 Å². The van der Waals surface area contributed by atoms with Crippen LogP contribution in [0.5, 0.6) is 0 Å². The number of fused-ring (bicyclic) bond motifs is 1. The maximum Gasteiger partial charge on any atom is 0.251 e. The summed E-state index contributed by atoms with van der Waals surface area (Å²) in [7, 11) is 0. The monoisotopic (exact) mass is 376 g/mol. The van der Waals surface area contributed by atoms with Crippen LogP contribution in [0, 0.1) is 0 Å². The third-order valence-corrected chi connectivity index (χ3v) is 5.41. The van der Waals surface area contributed by atoms with Gasteiger partial charge in [0.25, 0.3) is 5.91 Å². The second-order valence-electron chi connectivity index (χ2n) is 7.28. The van der Waals surface area contributed by atoms with Crippen molar-refractivity contribution in [3.05, 3.63) is 70.6 Å². The molecule has 1 aliphatic rings. The molecule has 1 amide bonds. The highest BCUT2D eigenvalue weighted by Gasteiger charge is 2.21. The van der Waals surface area contributed by atoms with Gasteiger partial charge in [-0.05, 0) is 61.3 Å². The molecular weight excluding hydrogens is 352 g/mol. The minimum Gasteiger partial charge on any atom is -0.464 e. The number of nitrogens with one attached hydrogen (secondary N) is 1. The molecule has 2 aromatic carbocycles. The molecule has 1 saturated heterocycles. The summed E-state index contributed by atoms with van der Waals surface area (Å²) in [4.78, 5) is 27.0. The van der Waals surface area contributed by atoms with Gasteiger partial charge in [-0.25, -0.2) is 0 Å². The zero-order valence-corrected chi connectivity index (χ0v) is 16.0. The van der Waals surface area contributed by atoms with E-state index in [1.54, 1.807) is 6.07 Å². The molecule has 28 heavy (non-hydrogen) atoms. The smallest absolute Gasteiger partial charge is 0.251 e. The first kappa shape index (κ1) is 18.4. The van der Waals surface area contributed by atoms with E-state index < -0.39 is 0 Å². The van der Waals surface area contributed by atoms with E-state index >= 15 is 0 Å². The Morgan fingerprint density at radius 2 is 2.04 bits per heavy atom. The largest absolute Gasteiger partial charge is 0.464 e. The number of carbonyl (C=O) groups excluding carboxylic acids is 1. The van der Waals surface area contributed by atoms with Crippen LogP contribution in [-0.2, 0) is 0 Å². The van der Waals surface area contributed by atoms with Gasteiger partial charge in [0.1, 0.15) is 5.58 Å². The summed E-state index contributed by atoms with van der Waals surface area (Å²) in [5.74, 6) is -0.0443. The first-order valence-corrected chi connectivity index (χ1v) is 9.79. The van der Waals surface area contributed by atoms with E-state index in [1.165, 1.54) is 12.3 Å². The van der Waals surface area contributed by atoms with Gasteiger partial charge in [0.2, 0.25) is 0 Å². The molecule has 144 valence electrons. The summed E-state index contributed by atoms with van der Waals surface area (Å²) in [5, 5.41) is 3.73. The first-order valence-electron chi connectivity index (χ1n) is 9.79. The van der Waals surface area contributed by atoms with Crippen molar-refractivity contribution in [1.82, 2.24) is 10.2 Å². The predicted molar refractivity (Wildman–Crippen MR) is 111 cm³/mol. The fourth-order valence-electron chi connectivity index (χ4n) is 3.83. The van der Waals surface area contributed by atoms with Gasteiger partial charge in [0.15, 0.2) is 5.43 Å². The van der Waals surface area contributed by atoms with Gasteiger partial charge >= 0.3 is 0 Å².